The first-order valence-electron chi connectivity index (χ1n) is 11.9. The first-order valence-corrected chi connectivity index (χ1v) is 14.2. The van der Waals surface area contributed by atoms with Crippen LogP contribution in [0.3, 0.4) is 0 Å². The van der Waals surface area contributed by atoms with Crippen LogP contribution < -0.4 is 4.90 Å². The Morgan fingerprint density at radius 3 is 2.19 bits per heavy atom. The molecule has 3 aromatic rings. The number of thiazole rings is 1. The minimum absolute atomic E-state index is 0.00311. The minimum Gasteiger partial charge on any atom is -0.308 e. The number of likely N-dealkylation sites (N-methyl/N-ethyl adjacent to an activating group) is 1. The number of nitriles is 2. The number of amides is 1. The normalized spacial score (nSPS) is 11.5. The minimum atomic E-state index is -3.92. The van der Waals surface area contributed by atoms with Gasteiger partial charge in [-0.1, -0.05) is 24.3 Å². The lowest BCUT2D eigenvalue weighted by molar-refractivity contribution is 0.0985. The molecule has 0 radical (unpaired) electrons. The molecule has 0 saturated heterocycles. The van der Waals surface area contributed by atoms with Crippen LogP contribution in [0.5, 0.6) is 0 Å². The Bertz CT molecular complexity index is 1400. The van der Waals surface area contributed by atoms with Crippen molar-refractivity contribution in [1.29, 1.82) is 10.5 Å². The first-order chi connectivity index (χ1) is 17.7. The fourth-order valence-corrected chi connectivity index (χ4v) is 6.15. The van der Waals surface area contributed by atoms with Crippen LogP contribution in [0.15, 0.2) is 47.4 Å². The standard InChI is InChI=1S/C26H30N6O3S2/c1-4-20-7-12-23-24(19-20)36-26(29-23)32(18-17-30(2)3)25(33)21-8-10-22(11-9-21)37(34,35)31(15-5-13-27)16-6-14-28/h7-12,19H,4-6,15-18H2,1-3H3. The van der Waals surface area contributed by atoms with Crippen molar-refractivity contribution in [2.75, 3.05) is 45.2 Å². The molecule has 0 aliphatic rings. The van der Waals surface area contributed by atoms with Crippen LogP contribution in [0.25, 0.3) is 10.2 Å². The number of sulfonamides is 1. The smallest absolute Gasteiger partial charge is 0.260 e. The molecule has 0 N–H and O–H groups in total. The third kappa shape index (κ3) is 6.90. The van der Waals surface area contributed by atoms with E-state index in [2.05, 4.69) is 13.0 Å². The predicted molar refractivity (Wildman–Crippen MR) is 145 cm³/mol. The maximum Gasteiger partial charge on any atom is 0.260 e. The Hall–Kier alpha value is -3.35. The number of hydrogen-bond acceptors (Lipinski definition) is 8. The van der Waals surface area contributed by atoms with Gasteiger partial charge in [-0.3, -0.25) is 9.69 Å². The SMILES string of the molecule is CCc1ccc2nc(N(CCN(C)C)C(=O)c3ccc(S(=O)(=O)N(CCC#N)CCC#N)cc3)sc2c1. The van der Waals surface area contributed by atoms with Gasteiger partial charge in [0.1, 0.15) is 0 Å². The molecule has 11 heteroatoms. The first kappa shape index (κ1) is 28.2. The summed E-state index contributed by atoms with van der Waals surface area (Å²) in [5, 5.41) is 18.4. The molecular weight excluding hydrogens is 508 g/mol. The second-order valence-corrected chi connectivity index (χ2v) is 11.6. The second kappa shape index (κ2) is 12.7. The highest BCUT2D eigenvalue weighted by Crippen LogP contribution is 2.31. The number of anilines is 1. The molecule has 1 heterocycles. The van der Waals surface area contributed by atoms with Gasteiger partial charge in [0.25, 0.3) is 5.91 Å². The van der Waals surface area contributed by atoms with Gasteiger partial charge in [0, 0.05) is 44.6 Å². The second-order valence-electron chi connectivity index (χ2n) is 8.66. The summed E-state index contributed by atoms with van der Waals surface area (Å²) in [7, 11) is -0.0584. The van der Waals surface area contributed by atoms with Crippen LogP contribution in [0.1, 0.15) is 35.7 Å². The van der Waals surface area contributed by atoms with Crippen molar-refractivity contribution in [2.24, 2.45) is 0 Å². The van der Waals surface area contributed by atoms with Crippen molar-refractivity contribution in [1.82, 2.24) is 14.2 Å². The number of rotatable bonds is 12. The molecule has 194 valence electrons. The Kier molecular flexibility index (Phi) is 9.73. The Morgan fingerprint density at radius 1 is 0.973 bits per heavy atom. The maximum atomic E-state index is 13.6. The third-order valence-electron chi connectivity index (χ3n) is 5.78. The van der Waals surface area contributed by atoms with Crippen molar-refractivity contribution in [3.8, 4) is 12.1 Å². The predicted octanol–water partition coefficient (Wildman–Crippen LogP) is 3.89. The third-order valence-corrected chi connectivity index (χ3v) is 8.74. The molecule has 0 aliphatic heterocycles. The molecule has 0 unspecified atom stereocenters. The number of aryl methyl sites for hydroxylation is 1. The van der Waals surface area contributed by atoms with E-state index in [-0.39, 0.29) is 36.7 Å². The van der Waals surface area contributed by atoms with E-state index in [1.807, 2.05) is 43.3 Å². The molecule has 0 aliphatic carbocycles. The summed E-state index contributed by atoms with van der Waals surface area (Å²) in [6.07, 6.45) is 0.945. The summed E-state index contributed by atoms with van der Waals surface area (Å²) in [6.45, 7) is 3.13. The van der Waals surface area contributed by atoms with Gasteiger partial charge >= 0.3 is 0 Å². The molecule has 0 fully saturated rings. The number of carbonyl (C=O) groups is 1. The molecule has 2 aromatic carbocycles. The summed E-state index contributed by atoms with van der Waals surface area (Å²) in [6, 6.07) is 15.7. The number of hydrogen-bond donors (Lipinski definition) is 0. The molecular formula is C26H30N6O3S2. The van der Waals surface area contributed by atoms with Gasteiger partial charge in [0.05, 0.1) is 27.3 Å². The molecule has 0 saturated carbocycles. The lowest BCUT2D eigenvalue weighted by atomic mass is 10.2. The van der Waals surface area contributed by atoms with E-state index in [9.17, 15) is 13.2 Å². The average molecular weight is 539 g/mol. The van der Waals surface area contributed by atoms with Crippen LogP contribution >= 0.6 is 11.3 Å². The number of aromatic nitrogens is 1. The zero-order valence-corrected chi connectivity index (χ0v) is 22.8. The fourth-order valence-electron chi connectivity index (χ4n) is 3.65. The summed E-state index contributed by atoms with van der Waals surface area (Å²) < 4.78 is 28.4. The fraction of sp³-hybridized carbons (Fsp3) is 0.385. The zero-order chi connectivity index (χ0) is 27.0. The molecule has 37 heavy (non-hydrogen) atoms. The summed E-state index contributed by atoms with van der Waals surface area (Å²) >= 11 is 1.46. The average Bonchev–Trinajstić information content (AvgIpc) is 3.31. The van der Waals surface area contributed by atoms with E-state index in [1.165, 1.54) is 41.2 Å². The van der Waals surface area contributed by atoms with Crippen molar-refractivity contribution in [2.45, 2.75) is 31.1 Å². The van der Waals surface area contributed by atoms with Crippen molar-refractivity contribution in [3.05, 3.63) is 53.6 Å². The van der Waals surface area contributed by atoms with E-state index in [0.717, 1.165) is 20.9 Å². The molecule has 1 aromatic heterocycles. The van der Waals surface area contributed by atoms with Crippen LogP contribution in [0.2, 0.25) is 0 Å². The number of benzene rings is 2. The maximum absolute atomic E-state index is 13.6. The van der Waals surface area contributed by atoms with Gasteiger partial charge in [0.15, 0.2) is 5.13 Å². The Balaban J connectivity index is 1.91. The number of nitrogens with zero attached hydrogens (tertiary/aromatic N) is 6. The Labute approximate surface area is 222 Å². The van der Waals surface area contributed by atoms with Crippen molar-refractivity contribution in [3.63, 3.8) is 0 Å². The van der Waals surface area contributed by atoms with Gasteiger partial charge in [0.2, 0.25) is 10.0 Å². The van der Waals surface area contributed by atoms with Gasteiger partial charge in [-0.2, -0.15) is 14.8 Å². The summed E-state index contributed by atoms with van der Waals surface area (Å²) in [4.78, 5) is 21.9. The van der Waals surface area contributed by atoms with Gasteiger partial charge < -0.3 is 4.90 Å². The quantitative estimate of drug-likeness (QED) is 0.343. The van der Waals surface area contributed by atoms with Crippen LogP contribution in [0, 0.1) is 22.7 Å². The molecule has 0 atom stereocenters. The van der Waals surface area contributed by atoms with Crippen LogP contribution in [0.4, 0.5) is 5.13 Å². The van der Waals surface area contributed by atoms with E-state index in [0.29, 0.717) is 23.8 Å². The van der Waals surface area contributed by atoms with E-state index < -0.39 is 10.0 Å². The number of fused-ring (bicyclic) bond motifs is 1. The van der Waals surface area contributed by atoms with E-state index in [4.69, 9.17) is 15.5 Å². The van der Waals surface area contributed by atoms with Crippen molar-refractivity contribution < 1.29 is 13.2 Å². The topological polar surface area (TPSA) is 121 Å². The van der Waals surface area contributed by atoms with Crippen LogP contribution in [-0.2, 0) is 16.4 Å². The summed E-state index contributed by atoms with van der Waals surface area (Å²) in [5.74, 6) is -0.272. The number of carbonyl (C=O) groups excluding carboxylic acids is 1. The highest BCUT2D eigenvalue weighted by molar-refractivity contribution is 7.89. The molecule has 0 bridgehead atoms. The molecule has 3 rings (SSSR count). The lowest BCUT2D eigenvalue weighted by Crippen LogP contribution is -2.36. The highest BCUT2D eigenvalue weighted by Gasteiger charge is 2.26. The van der Waals surface area contributed by atoms with E-state index >= 15 is 0 Å². The van der Waals surface area contributed by atoms with Gasteiger partial charge in [-0.25, -0.2) is 13.4 Å². The lowest BCUT2D eigenvalue weighted by Gasteiger charge is -2.22. The molecule has 9 nitrogen and oxygen atoms in total. The van der Waals surface area contributed by atoms with Gasteiger partial charge in [-0.05, 0) is 62.5 Å². The highest BCUT2D eigenvalue weighted by atomic mass is 32.2. The zero-order valence-electron chi connectivity index (χ0n) is 21.2. The molecule has 1 amide bonds. The monoisotopic (exact) mass is 538 g/mol. The van der Waals surface area contributed by atoms with Crippen LogP contribution in [-0.4, -0.2) is 68.8 Å². The Morgan fingerprint density at radius 2 is 1.62 bits per heavy atom. The summed E-state index contributed by atoms with van der Waals surface area (Å²) in [5.41, 5.74) is 2.37. The van der Waals surface area contributed by atoms with Gasteiger partial charge in [-0.15, -0.1) is 0 Å². The van der Waals surface area contributed by atoms with Crippen molar-refractivity contribution >= 4 is 42.6 Å². The molecule has 0 spiro atoms. The van der Waals surface area contributed by atoms with E-state index in [1.54, 1.807) is 4.90 Å². The largest absolute Gasteiger partial charge is 0.308 e.